The van der Waals surface area contributed by atoms with E-state index >= 15 is 0 Å². The number of aryl methyl sites for hydroxylation is 1. The van der Waals surface area contributed by atoms with E-state index in [1.165, 1.54) is 0 Å². The highest BCUT2D eigenvalue weighted by Crippen LogP contribution is 2.28. The monoisotopic (exact) mass is 294 g/mol. The minimum Gasteiger partial charge on any atom is -0.342 e. The fourth-order valence-corrected chi connectivity index (χ4v) is 2.77. The minimum absolute atomic E-state index is 0.00812. The molecule has 0 spiro atoms. The molecule has 0 saturated carbocycles. The summed E-state index contributed by atoms with van der Waals surface area (Å²) < 4.78 is 0. The molecule has 1 aromatic rings. The lowest BCUT2D eigenvalue weighted by atomic mass is 9.79. The lowest BCUT2D eigenvalue weighted by Gasteiger charge is -2.42. The minimum atomic E-state index is 0.00812. The molecule has 0 aromatic heterocycles. The Kier molecular flexibility index (Phi) is 4.71. The number of nitrogens with zero attached hydrogens (tertiary/aromatic N) is 1. The molecule has 1 heterocycles. The Morgan fingerprint density at radius 1 is 1.40 bits per heavy atom. The van der Waals surface area contributed by atoms with E-state index in [4.69, 9.17) is 17.3 Å². The number of nitrogens with two attached hydrogens (primary N) is 1. The molecule has 1 aliphatic rings. The Morgan fingerprint density at radius 3 is 2.65 bits per heavy atom. The van der Waals surface area contributed by atoms with Crippen LogP contribution in [0.15, 0.2) is 24.3 Å². The number of piperidine rings is 1. The molecule has 20 heavy (non-hydrogen) atoms. The molecule has 4 heteroatoms. The normalized spacial score (nSPS) is 21.8. The molecule has 0 radical (unpaired) electrons. The molecule has 1 unspecified atom stereocenters. The summed E-state index contributed by atoms with van der Waals surface area (Å²) in [6.45, 7) is 5.81. The fourth-order valence-electron chi connectivity index (χ4n) is 2.65. The maximum absolute atomic E-state index is 12.3. The van der Waals surface area contributed by atoms with Gasteiger partial charge in [-0.2, -0.15) is 0 Å². The number of hydrogen-bond donors (Lipinski definition) is 1. The van der Waals surface area contributed by atoms with Crippen LogP contribution in [0.1, 0.15) is 32.3 Å². The van der Waals surface area contributed by atoms with E-state index in [1.807, 2.05) is 29.2 Å². The van der Waals surface area contributed by atoms with Gasteiger partial charge in [0.2, 0.25) is 5.91 Å². The molecular weight excluding hydrogens is 272 g/mol. The van der Waals surface area contributed by atoms with Crippen LogP contribution in [0.3, 0.4) is 0 Å². The second-order valence-corrected chi connectivity index (χ2v) is 6.76. The average molecular weight is 295 g/mol. The van der Waals surface area contributed by atoms with Gasteiger partial charge in [-0.15, -0.1) is 0 Å². The summed E-state index contributed by atoms with van der Waals surface area (Å²) in [7, 11) is 0. The predicted octanol–water partition coefficient (Wildman–Crippen LogP) is 2.86. The summed E-state index contributed by atoms with van der Waals surface area (Å²) in [6.07, 6.45) is 2.20. The molecule has 3 nitrogen and oxygen atoms in total. The van der Waals surface area contributed by atoms with Gasteiger partial charge >= 0.3 is 0 Å². The van der Waals surface area contributed by atoms with Gasteiger partial charge in [-0.05, 0) is 36.0 Å². The summed E-state index contributed by atoms with van der Waals surface area (Å²) in [4.78, 5) is 14.2. The number of benzene rings is 1. The van der Waals surface area contributed by atoms with Crippen LogP contribution in [0.4, 0.5) is 0 Å². The lowest BCUT2D eigenvalue weighted by Crippen LogP contribution is -2.54. The molecule has 1 amide bonds. The maximum atomic E-state index is 12.3. The van der Waals surface area contributed by atoms with Crippen molar-refractivity contribution in [3.63, 3.8) is 0 Å². The molecule has 1 saturated heterocycles. The standard InChI is InChI=1S/C16H23ClN2O/c1-16(2)11-19(10-9-14(16)18)15(20)8-5-12-3-6-13(17)7-4-12/h3-4,6-7,14H,5,8-11,18H2,1-2H3. The zero-order chi connectivity index (χ0) is 14.8. The van der Waals surface area contributed by atoms with E-state index in [9.17, 15) is 4.79 Å². The maximum Gasteiger partial charge on any atom is 0.222 e. The first-order valence-corrected chi connectivity index (χ1v) is 7.54. The molecule has 1 fully saturated rings. The first-order chi connectivity index (χ1) is 9.38. The Labute approximate surface area is 126 Å². The Hall–Kier alpha value is -1.06. The third-order valence-corrected chi connectivity index (χ3v) is 4.46. The van der Waals surface area contributed by atoms with E-state index in [0.717, 1.165) is 36.5 Å². The van der Waals surface area contributed by atoms with Gasteiger partial charge in [0.25, 0.3) is 0 Å². The van der Waals surface area contributed by atoms with Crippen molar-refractivity contribution in [3.05, 3.63) is 34.9 Å². The number of hydrogen-bond acceptors (Lipinski definition) is 2. The number of amides is 1. The Balaban J connectivity index is 1.87. The molecule has 2 rings (SSSR count). The number of carbonyl (C=O) groups excluding carboxylic acids is 1. The van der Waals surface area contributed by atoms with Gasteiger partial charge in [-0.1, -0.05) is 37.6 Å². The van der Waals surface area contributed by atoms with E-state index in [2.05, 4.69) is 13.8 Å². The van der Waals surface area contributed by atoms with E-state index < -0.39 is 0 Å². The van der Waals surface area contributed by atoms with Crippen molar-refractivity contribution in [2.24, 2.45) is 11.1 Å². The van der Waals surface area contributed by atoms with Crippen molar-refractivity contribution >= 4 is 17.5 Å². The van der Waals surface area contributed by atoms with Crippen molar-refractivity contribution in [3.8, 4) is 0 Å². The van der Waals surface area contributed by atoms with E-state index in [0.29, 0.717) is 6.42 Å². The highest BCUT2D eigenvalue weighted by Gasteiger charge is 2.34. The topological polar surface area (TPSA) is 46.3 Å². The van der Waals surface area contributed by atoms with Crippen LogP contribution in [0.25, 0.3) is 0 Å². The lowest BCUT2D eigenvalue weighted by molar-refractivity contribution is -0.134. The number of likely N-dealkylation sites (tertiary alicyclic amines) is 1. The van der Waals surface area contributed by atoms with Crippen molar-refractivity contribution < 1.29 is 4.79 Å². The molecule has 0 bridgehead atoms. The first-order valence-electron chi connectivity index (χ1n) is 7.16. The average Bonchev–Trinajstić information content (AvgIpc) is 2.41. The molecule has 2 N–H and O–H groups in total. The first kappa shape index (κ1) is 15.3. The molecule has 1 aromatic carbocycles. The summed E-state index contributed by atoms with van der Waals surface area (Å²) in [6, 6.07) is 7.87. The van der Waals surface area contributed by atoms with Crippen molar-refractivity contribution in [1.29, 1.82) is 0 Å². The second-order valence-electron chi connectivity index (χ2n) is 6.33. The van der Waals surface area contributed by atoms with Crippen LogP contribution in [0.2, 0.25) is 5.02 Å². The van der Waals surface area contributed by atoms with Crippen LogP contribution >= 0.6 is 11.6 Å². The predicted molar refractivity (Wildman–Crippen MR) is 82.7 cm³/mol. The second kappa shape index (κ2) is 6.15. The molecular formula is C16H23ClN2O. The number of carbonyl (C=O) groups is 1. The SMILES string of the molecule is CC1(C)CN(C(=O)CCc2ccc(Cl)cc2)CCC1N. The summed E-state index contributed by atoms with van der Waals surface area (Å²) in [5, 5.41) is 0.729. The van der Waals surface area contributed by atoms with Gasteiger partial charge in [0.1, 0.15) is 0 Å². The fraction of sp³-hybridized carbons (Fsp3) is 0.562. The molecule has 1 aliphatic heterocycles. The van der Waals surface area contributed by atoms with Crippen LogP contribution in [-0.4, -0.2) is 29.9 Å². The van der Waals surface area contributed by atoms with Gasteiger partial charge in [-0.25, -0.2) is 0 Å². The third-order valence-electron chi connectivity index (χ3n) is 4.21. The smallest absolute Gasteiger partial charge is 0.222 e. The van der Waals surface area contributed by atoms with E-state index in [1.54, 1.807) is 0 Å². The summed E-state index contributed by atoms with van der Waals surface area (Å²) in [5.41, 5.74) is 7.26. The Bertz CT molecular complexity index is 470. The van der Waals surface area contributed by atoms with Gasteiger partial charge in [0.15, 0.2) is 0 Å². The molecule has 0 aliphatic carbocycles. The zero-order valence-electron chi connectivity index (χ0n) is 12.2. The van der Waals surface area contributed by atoms with Gasteiger partial charge in [-0.3, -0.25) is 4.79 Å². The summed E-state index contributed by atoms with van der Waals surface area (Å²) in [5.74, 6) is 0.222. The number of rotatable bonds is 3. The summed E-state index contributed by atoms with van der Waals surface area (Å²) >= 11 is 5.85. The zero-order valence-corrected chi connectivity index (χ0v) is 13.0. The quantitative estimate of drug-likeness (QED) is 0.932. The highest BCUT2D eigenvalue weighted by atomic mass is 35.5. The van der Waals surface area contributed by atoms with Crippen molar-refractivity contribution in [2.45, 2.75) is 39.2 Å². The highest BCUT2D eigenvalue weighted by molar-refractivity contribution is 6.30. The molecule has 1 atom stereocenters. The largest absolute Gasteiger partial charge is 0.342 e. The van der Waals surface area contributed by atoms with Crippen molar-refractivity contribution in [2.75, 3.05) is 13.1 Å². The van der Waals surface area contributed by atoms with Crippen LogP contribution < -0.4 is 5.73 Å². The van der Waals surface area contributed by atoms with Crippen LogP contribution in [0.5, 0.6) is 0 Å². The van der Waals surface area contributed by atoms with E-state index in [-0.39, 0.29) is 17.4 Å². The van der Waals surface area contributed by atoms with Gasteiger partial charge in [0, 0.05) is 30.6 Å². The number of halogens is 1. The van der Waals surface area contributed by atoms with Gasteiger partial charge in [0.05, 0.1) is 0 Å². The Morgan fingerprint density at radius 2 is 2.05 bits per heavy atom. The van der Waals surface area contributed by atoms with Crippen molar-refractivity contribution in [1.82, 2.24) is 4.90 Å². The van der Waals surface area contributed by atoms with Gasteiger partial charge < -0.3 is 10.6 Å². The van der Waals surface area contributed by atoms with Crippen LogP contribution in [-0.2, 0) is 11.2 Å². The van der Waals surface area contributed by atoms with Crippen LogP contribution in [0, 0.1) is 5.41 Å². The third kappa shape index (κ3) is 3.74. The molecule has 110 valence electrons.